The molecule has 2 rings (SSSR count). The Hall–Kier alpha value is -1.44. The maximum Gasteiger partial charge on any atom is 0.126 e. The molecule has 1 aromatic carbocycles. The molecule has 2 heteroatoms. The van der Waals surface area contributed by atoms with Crippen LogP contribution in [0.4, 0.5) is 0 Å². The third-order valence-electron chi connectivity index (χ3n) is 2.32. The lowest BCUT2D eigenvalue weighted by molar-refractivity contribution is 0.248. The molecular weight excluding hydrogens is 164 g/mol. The monoisotopic (exact) mass is 176 g/mol. The van der Waals surface area contributed by atoms with Gasteiger partial charge in [-0.3, -0.25) is 0 Å². The Kier molecular flexibility index (Phi) is 1.97. The van der Waals surface area contributed by atoms with E-state index < -0.39 is 0 Å². The van der Waals surface area contributed by atoms with E-state index in [2.05, 4.69) is 6.58 Å². The van der Waals surface area contributed by atoms with Crippen molar-refractivity contribution in [2.24, 2.45) is 5.92 Å². The van der Waals surface area contributed by atoms with Crippen molar-refractivity contribution in [3.05, 3.63) is 36.4 Å². The van der Waals surface area contributed by atoms with Gasteiger partial charge in [-0.15, -0.1) is 6.58 Å². The second-order valence-electron chi connectivity index (χ2n) is 3.30. The SMILES string of the molecule is C=C[C@@H]1COc2cc(O)ccc2C1. The molecule has 0 amide bonds. The van der Waals surface area contributed by atoms with Crippen LogP contribution in [0.5, 0.6) is 11.5 Å². The largest absolute Gasteiger partial charge is 0.508 e. The van der Waals surface area contributed by atoms with E-state index in [1.807, 2.05) is 12.1 Å². The van der Waals surface area contributed by atoms with Gasteiger partial charge in [0.2, 0.25) is 0 Å². The summed E-state index contributed by atoms with van der Waals surface area (Å²) in [6.07, 6.45) is 2.87. The summed E-state index contributed by atoms with van der Waals surface area (Å²) in [5.41, 5.74) is 1.15. The summed E-state index contributed by atoms with van der Waals surface area (Å²) in [6.45, 7) is 4.41. The van der Waals surface area contributed by atoms with Crippen molar-refractivity contribution in [1.29, 1.82) is 0 Å². The van der Waals surface area contributed by atoms with Crippen LogP contribution in [0, 0.1) is 5.92 Å². The van der Waals surface area contributed by atoms with Gasteiger partial charge in [0.05, 0.1) is 6.61 Å². The summed E-state index contributed by atoms with van der Waals surface area (Å²) >= 11 is 0. The van der Waals surface area contributed by atoms with Crippen LogP contribution in [0.3, 0.4) is 0 Å². The Bertz CT molecular complexity index is 331. The van der Waals surface area contributed by atoms with Gasteiger partial charge in [-0.2, -0.15) is 0 Å². The molecule has 0 aromatic heterocycles. The zero-order chi connectivity index (χ0) is 9.26. The summed E-state index contributed by atoms with van der Waals surface area (Å²) < 4.78 is 5.48. The summed E-state index contributed by atoms with van der Waals surface area (Å²) in [6, 6.07) is 5.25. The van der Waals surface area contributed by atoms with Crippen molar-refractivity contribution in [1.82, 2.24) is 0 Å². The van der Waals surface area contributed by atoms with Gasteiger partial charge in [0.25, 0.3) is 0 Å². The van der Waals surface area contributed by atoms with Crippen molar-refractivity contribution in [2.75, 3.05) is 6.61 Å². The topological polar surface area (TPSA) is 29.5 Å². The Morgan fingerprint density at radius 3 is 3.15 bits per heavy atom. The Balaban J connectivity index is 2.31. The average Bonchev–Trinajstić information content (AvgIpc) is 2.17. The smallest absolute Gasteiger partial charge is 0.126 e. The lowest BCUT2D eigenvalue weighted by Crippen LogP contribution is -2.18. The minimum absolute atomic E-state index is 0.260. The highest BCUT2D eigenvalue weighted by atomic mass is 16.5. The second-order valence-corrected chi connectivity index (χ2v) is 3.30. The van der Waals surface area contributed by atoms with Crippen molar-refractivity contribution >= 4 is 0 Å². The lowest BCUT2D eigenvalue weighted by atomic mass is 9.97. The minimum atomic E-state index is 0.260. The molecule has 1 aliphatic rings. The Labute approximate surface area is 77.5 Å². The fraction of sp³-hybridized carbons (Fsp3) is 0.273. The average molecular weight is 176 g/mol. The van der Waals surface area contributed by atoms with E-state index in [-0.39, 0.29) is 5.75 Å². The predicted molar refractivity (Wildman–Crippen MR) is 51.0 cm³/mol. The van der Waals surface area contributed by atoms with Gasteiger partial charge in [0, 0.05) is 12.0 Å². The van der Waals surface area contributed by atoms with Gasteiger partial charge in [0.1, 0.15) is 11.5 Å². The minimum Gasteiger partial charge on any atom is -0.508 e. The zero-order valence-electron chi connectivity index (χ0n) is 7.36. The van der Waals surface area contributed by atoms with Crippen LogP contribution in [0.15, 0.2) is 30.9 Å². The number of phenolic OH excluding ortho intramolecular Hbond substituents is 1. The Morgan fingerprint density at radius 1 is 1.54 bits per heavy atom. The summed E-state index contributed by atoms with van der Waals surface area (Å²) in [4.78, 5) is 0. The van der Waals surface area contributed by atoms with E-state index >= 15 is 0 Å². The highest BCUT2D eigenvalue weighted by molar-refractivity contribution is 5.41. The molecule has 0 saturated heterocycles. The molecule has 0 unspecified atom stereocenters. The molecule has 0 aliphatic carbocycles. The van der Waals surface area contributed by atoms with E-state index in [4.69, 9.17) is 4.74 Å². The van der Waals surface area contributed by atoms with E-state index in [0.717, 1.165) is 17.7 Å². The molecule has 0 radical (unpaired) electrons. The van der Waals surface area contributed by atoms with Crippen LogP contribution in [0.25, 0.3) is 0 Å². The first kappa shape index (κ1) is 8.17. The van der Waals surface area contributed by atoms with Gasteiger partial charge >= 0.3 is 0 Å². The quantitative estimate of drug-likeness (QED) is 0.664. The normalized spacial score (nSPS) is 20.2. The van der Waals surface area contributed by atoms with Gasteiger partial charge in [-0.25, -0.2) is 0 Å². The zero-order valence-corrected chi connectivity index (χ0v) is 7.36. The van der Waals surface area contributed by atoms with Crippen LogP contribution in [0.1, 0.15) is 5.56 Å². The number of phenols is 1. The molecule has 0 saturated carbocycles. The molecule has 1 aliphatic heterocycles. The summed E-state index contributed by atoms with van der Waals surface area (Å²) in [5.74, 6) is 1.46. The third kappa shape index (κ3) is 1.52. The molecule has 13 heavy (non-hydrogen) atoms. The fourth-order valence-corrected chi connectivity index (χ4v) is 1.54. The first-order chi connectivity index (χ1) is 6.29. The van der Waals surface area contributed by atoms with Gasteiger partial charge < -0.3 is 9.84 Å². The summed E-state index contributed by atoms with van der Waals surface area (Å²) in [5, 5.41) is 9.21. The van der Waals surface area contributed by atoms with Gasteiger partial charge in [0.15, 0.2) is 0 Å². The van der Waals surface area contributed by atoms with Gasteiger partial charge in [-0.05, 0) is 18.1 Å². The summed E-state index contributed by atoms with van der Waals surface area (Å²) in [7, 11) is 0. The number of hydrogen-bond donors (Lipinski definition) is 1. The fourth-order valence-electron chi connectivity index (χ4n) is 1.54. The van der Waals surface area contributed by atoms with E-state index in [0.29, 0.717) is 12.5 Å². The highest BCUT2D eigenvalue weighted by Crippen LogP contribution is 2.30. The molecule has 1 aromatic rings. The molecule has 1 atom stereocenters. The van der Waals surface area contributed by atoms with Crippen LogP contribution in [-0.4, -0.2) is 11.7 Å². The Morgan fingerprint density at radius 2 is 2.38 bits per heavy atom. The van der Waals surface area contributed by atoms with Crippen molar-refractivity contribution in [3.8, 4) is 11.5 Å². The number of aromatic hydroxyl groups is 1. The number of hydrogen-bond acceptors (Lipinski definition) is 2. The molecule has 1 N–H and O–H groups in total. The number of benzene rings is 1. The molecule has 1 heterocycles. The maximum absolute atomic E-state index is 9.21. The molecule has 68 valence electrons. The molecule has 2 nitrogen and oxygen atoms in total. The first-order valence-corrected chi connectivity index (χ1v) is 4.37. The maximum atomic E-state index is 9.21. The highest BCUT2D eigenvalue weighted by Gasteiger charge is 2.17. The van der Waals surface area contributed by atoms with Crippen LogP contribution in [-0.2, 0) is 6.42 Å². The lowest BCUT2D eigenvalue weighted by Gasteiger charge is -2.22. The van der Waals surface area contributed by atoms with E-state index in [9.17, 15) is 5.11 Å². The van der Waals surface area contributed by atoms with E-state index in [1.54, 1.807) is 12.1 Å². The molecule has 0 fully saturated rings. The standard InChI is InChI=1S/C11H12O2/c1-2-8-5-9-3-4-10(12)6-11(9)13-7-8/h2-4,6,8,12H,1,5,7H2/t8-/m0/s1. The molecule has 0 bridgehead atoms. The van der Waals surface area contributed by atoms with Gasteiger partial charge in [-0.1, -0.05) is 12.1 Å². The third-order valence-corrected chi connectivity index (χ3v) is 2.32. The molecular formula is C11H12O2. The predicted octanol–water partition coefficient (Wildman–Crippen LogP) is 2.13. The second kappa shape index (κ2) is 3.13. The van der Waals surface area contributed by atoms with Crippen LogP contribution >= 0.6 is 0 Å². The number of fused-ring (bicyclic) bond motifs is 1. The number of ether oxygens (including phenoxy) is 1. The van der Waals surface area contributed by atoms with Crippen LogP contribution < -0.4 is 4.74 Å². The van der Waals surface area contributed by atoms with Crippen molar-refractivity contribution in [3.63, 3.8) is 0 Å². The van der Waals surface area contributed by atoms with Crippen molar-refractivity contribution in [2.45, 2.75) is 6.42 Å². The first-order valence-electron chi connectivity index (χ1n) is 4.37. The molecule has 0 spiro atoms. The van der Waals surface area contributed by atoms with Crippen molar-refractivity contribution < 1.29 is 9.84 Å². The van der Waals surface area contributed by atoms with Crippen LogP contribution in [0.2, 0.25) is 0 Å². The van der Waals surface area contributed by atoms with E-state index in [1.165, 1.54) is 0 Å². The number of rotatable bonds is 1.